The number of hydrogen-bond acceptors (Lipinski definition) is 7. The molecule has 1 heterocycles. The molecule has 0 unspecified atom stereocenters. The Morgan fingerprint density at radius 1 is 1.00 bits per heavy atom. The molecule has 10 nitrogen and oxygen atoms in total. The van der Waals surface area contributed by atoms with Gasteiger partial charge >= 0.3 is 12.1 Å². The Labute approximate surface area is 261 Å². The molecule has 1 saturated heterocycles. The van der Waals surface area contributed by atoms with Crippen molar-refractivity contribution < 1.29 is 28.7 Å². The summed E-state index contributed by atoms with van der Waals surface area (Å²) in [5.74, 6) is -0.774. The van der Waals surface area contributed by atoms with E-state index in [0.29, 0.717) is 35.8 Å². The highest BCUT2D eigenvalue weighted by Crippen LogP contribution is 2.32. The molecule has 5 rings (SSSR count). The fourth-order valence-corrected chi connectivity index (χ4v) is 5.31. The summed E-state index contributed by atoms with van der Waals surface area (Å²) in [5, 5.41) is 6.05. The molecular weight excluding hydrogens is 584 g/mol. The van der Waals surface area contributed by atoms with Crippen LogP contribution in [0.25, 0.3) is 0 Å². The summed E-state index contributed by atoms with van der Waals surface area (Å²) in [5.41, 5.74) is 3.56. The zero-order chi connectivity index (χ0) is 31.1. The van der Waals surface area contributed by atoms with Gasteiger partial charge in [0.05, 0.1) is 18.7 Å². The molecule has 3 amide bonds. The predicted molar refractivity (Wildman–Crippen MR) is 165 cm³/mol. The van der Waals surface area contributed by atoms with Crippen molar-refractivity contribution in [3.8, 4) is 0 Å². The summed E-state index contributed by atoms with van der Waals surface area (Å²) in [7, 11) is 1.50. The number of carbonyl (C=O) groups is 4. The zero-order valence-electron chi connectivity index (χ0n) is 24.5. The molecule has 0 bridgehead atoms. The molecule has 1 atom stereocenters. The van der Waals surface area contributed by atoms with Gasteiger partial charge in [-0.05, 0) is 59.9 Å². The maximum Gasteiger partial charge on any atom is 0.406 e. The van der Waals surface area contributed by atoms with Gasteiger partial charge in [-0.2, -0.15) is 0 Å². The molecular formula is C33H35ClN4O6. The maximum absolute atomic E-state index is 14.1. The Hall–Kier alpha value is -4.41. The second-order valence-corrected chi connectivity index (χ2v) is 11.2. The quantitative estimate of drug-likeness (QED) is 0.311. The van der Waals surface area contributed by atoms with Gasteiger partial charge in [-0.25, -0.2) is 9.59 Å². The molecule has 1 saturated carbocycles. The van der Waals surface area contributed by atoms with Crippen LogP contribution < -0.4 is 15.5 Å². The van der Waals surface area contributed by atoms with Gasteiger partial charge in [0.1, 0.15) is 12.6 Å². The lowest BCUT2D eigenvalue weighted by molar-refractivity contribution is -0.136. The number of nitrogens with one attached hydrogen (secondary N) is 2. The summed E-state index contributed by atoms with van der Waals surface area (Å²) in [6.45, 7) is 1.03. The van der Waals surface area contributed by atoms with Crippen LogP contribution in [0.4, 0.5) is 10.5 Å². The molecule has 0 spiro atoms. The number of carbonyl (C=O) groups excluding carboxylic acids is 4. The minimum absolute atomic E-state index is 0.0689. The summed E-state index contributed by atoms with van der Waals surface area (Å²) >= 11 is 6.56. The third-order valence-corrected chi connectivity index (χ3v) is 7.99. The Kier molecular flexibility index (Phi) is 10.1. The van der Waals surface area contributed by atoms with Crippen molar-refractivity contribution in [3.05, 3.63) is 100 Å². The third kappa shape index (κ3) is 7.75. The summed E-state index contributed by atoms with van der Waals surface area (Å²) in [6.07, 6.45) is 1.78. The third-order valence-electron chi connectivity index (χ3n) is 7.62. The molecule has 3 aromatic carbocycles. The van der Waals surface area contributed by atoms with Crippen LogP contribution >= 0.6 is 11.6 Å². The first-order valence-electron chi connectivity index (χ1n) is 14.6. The number of piperazine rings is 1. The minimum atomic E-state index is -0.735. The molecule has 1 aliphatic heterocycles. The largest absolute Gasteiger partial charge is 0.457 e. The molecule has 2 aliphatic rings. The van der Waals surface area contributed by atoms with Gasteiger partial charge in [0.25, 0.3) is 0 Å². The topological polar surface area (TPSA) is 117 Å². The van der Waals surface area contributed by atoms with E-state index in [2.05, 4.69) is 10.6 Å². The van der Waals surface area contributed by atoms with Crippen molar-refractivity contribution >= 4 is 41.2 Å². The first kappa shape index (κ1) is 31.0. The van der Waals surface area contributed by atoms with Crippen LogP contribution in [0.5, 0.6) is 0 Å². The zero-order valence-corrected chi connectivity index (χ0v) is 25.2. The van der Waals surface area contributed by atoms with E-state index >= 15 is 0 Å². The first-order valence-corrected chi connectivity index (χ1v) is 15.0. The highest BCUT2D eigenvalue weighted by Gasteiger charge is 2.41. The predicted octanol–water partition coefficient (Wildman–Crippen LogP) is 4.09. The maximum atomic E-state index is 14.1. The summed E-state index contributed by atoms with van der Waals surface area (Å²) < 4.78 is 10.5. The smallest absolute Gasteiger partial charge is 0.406 e. The fraction of sp³-hybridized carbons (Fsp3) is 0.333. The van der Waals surface area contributed by atoms with E-state index in [9.17, 15) is 19.2 Å². The van der Waals surface area contributed by atoms with Crippen LogP contribution in [0.2, 0.25) is 5.02 Å². The number of benzene rings is 3. The van der Waals surface area contributed by atoms with E-state index in [1.807, 2.05) is 23.1 Å². The van der Waals surface area contributed by atoms with Crippen LogP contribution in [-0.2, 0) is 38.6 Å². The number of esters is 1. The molecule has 0 radical (unpaired) electrons. The van der Waals surface area contributed by atoms with Gasteiger partial charge < -0.3 is 25.0 Å². The number of halogens is 1. The van der Waals surface area contributed by atoms with E-state index < -0.39 is 18.1 Å². The van der Waals surface area contributed by atoms with Gasteiger partial charge in [0, 0.05) is 43.3 Å². The second-order valence-electron chi connectivity index (χ2n) is 10.8. The SMILES string of the molecule is CNC(=O)OCCc1ccc(Cl)c(CN(C(=O)[C@H]2CNCC(=O)N2c2ccc(COC(=O)c3ccccc3)cc2)C2CC2)c1. The van der Waals surface area contributed by atoms with Crippen molar-refractivity contribution in [1.29, 1.82) is 0 Å². The number of hydrogen-bond donors (Lipinski definition) is 2. The average Bonchev–Trinajstić information content (AvgIpc) is 3.89. The lowest BCUT2D eigenvalue weighted by Gasteiger charge is -2.38. The van der Waals surface area contributed by atoms with Crippen LogP contribution in [0.1, 0.15) is 39.9 Å². The number of alkyl carbamates (subject to hydrolysis) is 1. The number of ether oxygens (including phenoxy) is 2. The van der Waals surface area contributed by atoms with Crippen LogP contribution in [0.15, 0.2) is 72.8 Å². The molecule has 3 aromatic rings. The number of nitrogens with zero attached hydrogens (tertiary/aromatic N) is 2. The van der Waals surface area contributed by atoms with Gasteiger partial charge in [0.15, 0.2) is 0 Å². The Morgan fingerprint density at radius 2 is 1.73 bits per heavy atom. The number of amides is 3. The lowest BCUT2D eigenvalue weighted by Crippen LogP contribution is -2.61. The van der Waals surface area contributed by atoms with Crippen molar-refractivity contribution in [1.82, 2.24) is 15.5 Å². The summed E-state index contributed by atoms with van der Waals surface area (Å²) in [6, 6.07) is 20.8. The molecule has 230 valence electrons. The van der Waals surface area contributed by atoms with Crippen molar-refractivity contribution in [2.24, 2.45) is 0 Å². The standard InChI is InChI=1S/C33H35ClN4O6/c1-35-33(42)43-16-15-22-9-14-28(34)25(17-22)20-37(26-12-13-26)31(40)29-18-36-19-30(39)38(29)27-10-7-23(8-11-27)21-44-32(41)24-5-3-2-4-6-24/h2-11,14,17,26,29,36H,12-13,15-16,18-21H2,1H3,(H,35,42)/t29-/m1/s1. The van der Waals surface area contributed by atoms with E-state index in [1.54, 1.807) is 59.5 Å². The van der Waals surface area contributed by atoms with Crippen LogP contribution in [0, 0.1) is 0 Å². The highest BCUT2D eigenvalue weighted by molar-refractivity contribution is 6.31. The summed E-state index contributed by atoms with van der Waals surface area (Å²) in [4.78, 5) is 54.4. The highest BCUT2D eigenvalue weighted by atomic mass is 35.5. The second kappa shape index (κ2) is 14.4. The van der Waals surface area contributed by atoms with Crippen LogP contribution in [-0.4, -0.2) is 67.6 Å². The fourth-order valence-electron chi connectivity index (χ4n) is 5.13. The first-order chi connectivity index (χ1) is 21.3. The monoisotopic (exact) mass is 618 g/mol. The van der Waals surface area contributed by atoms with E-state index in [0.717, 1.165) is 29.5 Å². The minimum Gasteiger partial charge on any atom is -0.457 e. The Balaban J connectivity index is 1.28. The van der Waals surface area contributed by atoms with Crippen molar-refractivity contribution in [2.75, 3.05) is 31.6 Å². The normalized spacial score (nSPS) is 16.3. The molecule has 2 fully saturated rings. The molecule has 11 heteroatoms. The van der Waals surface area contributed by atoms with E-state index in [4.69, 9.17) is 21.1 Å². The molecule has 44 heavy (non-hydrogen) atoms. The van der Waals surface area contributed by atoms with Gasteiger partial charge in [-0.1, -0.05) is 54.1 Å². The van der Waals surface area contributed by atoms with Gasteiger partial charge in [0.2, 0.25) is 11.8 Å². The van der Waals surface area contributed by atoms with Gasteiger partial charge in [-0.15, -0.1) is 0 Å². The van der Waals surface area contributed by atoms with E-state index in [-0.39, 0.29) is 37.6 Å². The Morgan fingerprint density at radius 3 is 2.43 bits per heavy atom. The number of rotatable bonds is 11. The van der Waals surface area contributed by atoms with Crippen molar-refractivity contribution in [2.45, 2.75) is 44.5 Å². The number of anilines is 1. The van der Waals surface area contributed by atoms with Crippen LogP contribution in [0.3, 0.4) is 0 Å². The molecule has 2 N–H and O–H groups in total. The Bertz CT molecular complexity index is 1500. The average molecular weight is 619 g/mol. The van der Waals surface area contributed by atoms with Gasteiger partial charge in [-0.3, -0.25) is 14.5 Å². The lowest BCUT2D eigenvalue weighted by atomic mass is 10.1. The molecule has 1 aliphatic carbocycles. The molecule has 0 aromatic heterocycles. The van der Waals surface area contributed by atoms with Crippen molar-refractivity contribution in [3.63, 3.8) is 0 Å². The van der Waals surface area contributed by atoms with E-state index in [1.165, 1.54) is 7.05 Å².